The van der Waals surface area contributed by atoms with E-state index in [4.69, 9.17) is 0 Å². The lowest BCUT2D eigenvalue weighted by atomic mass is 10.3. The van der Waals surface area contributed by atoms with Crippen LogP contribution in [0.1, 0.15) is 24.7 Å². The number of carbonyl (C=O) groups is 1. The number of nitrogens with zero attached hydrogens (tertiary/aromatic N) is 3. The van der Waals surface area contributed by atoms with Crippen LogP contribution in [0.25, 0.3) is 0 Å². The second-order valence-corrected chi connectivity index (χ2v) is 5.41. The summed E-state index contributed by atoms with van der Waals surface area (Å²) in [4.78, 5) is 24.9. The zero-order chi connectivity index (χ0) is 17.9. The van der Waals surface area contributed by atoms with Gasteiger partial charge >= 0.3 is 0 Å². The van der Waals surface area contributed by atoms with E-state index in [0.29, 0.717) is 31.3 Å². The van der Waals surface area contributed by atoms with Crippen LogP contribution in [0.5, 0.6) is 0 Å². The third kappa shape index (κ3) is 8.24. The Kier molecular flexibility index (Phi) is 10.2. The molecule has 0 atom stereocenters. The number of hydrogen-bond acceptors (Lipinski definition) is 4. The van der Waals surface area contributed by atoms with Crippen molar-refractivity contribution in [2.75, 3.05) is 18.4 Å². The molecule has 0 saturated carbocycles. The van der Waals surface area contributed by atoms with Crippen molar-refractivity contribution in [2.24, 2.45) is 4.99 Å². The molecule has 140 valence electrons. The lowest BCUT2D eigenvalue weighted by molar-refractivity contribution is -0.116. The molecular weight excluding hydrogens is 443 g/mol. The number of anilines is 1. The summed E-state index contributed by atoms with van der Waals surface area (Å²) >= 11 is 0. The Morgan fingerprint density at radius 2 is 2.00 bits per heavy atom. The fourth-order valence-corrected chi connectivity index (χ4v) is 2.11. The summed E-state index contributed by atoms with van der Waals surface area (Å²) < 4.78 is 0. The molecule has 0 fully saturated rings. The molecule has 0 bridgehead atoms. The Labute approximate surface area is 171 Å². The highest BCUT2D eigenvalue weighted by Crippen LogP contribution is 2.04. The lowest BCUT2D eigenvalue weighted by Crippen LogP contribution is -2.38. The van der Waals surface area contributed by atoms with Gasteiger partial charge in [-0.1, -0.05) is 12.1 Å². The molecule has 3 N–H and O–H groups in total. The van der Waals surface area contributed by atoms with Crippen molar-refractivity contribution in [2.45, 2.75) is 26.8 Å². The first-order chi connectivity index (χ1) is 12.2. The summed E-state index contributed by atoms with van der Waals surface area (Å²) in [6.45, 7) is 5.58. The highest BCUT2D eigenvalue weighted by molar-refractivity contribution is 14.0. The predicted molar refractivity (Wildman–Crippen MR) is 115 cm³/mol. The zero-order valence-corrected chi connectivity index (χ0v) is 17.4. The third-order valence-electron chi connectivity index (χ3n) is 3.27. The van der Waals surface area contributed by atoms with Crippen LogP contribution in [-0.2, 0) is 11.3 Å². The van der Waals surface area contributed by atoms with E-state index in [2.05, 4.69) is 30.9 Å². The van der Waals surface area contributed by atoms with Crippen LogP contribution in [-0.4, -0.2) is 34.9 Å². The molecule has 0 aliphatic heterocycles. The summed E-state index contributed by atoms with van der Waals surface area (Å²) in [7, 11) is 0. The predicted octanol–water partition coefficient (Wildman–Crippen LogP) is 2.49. The molecule has 0 radical (unpaired) electrons. The molecule has 7 nitrogen and oxygen atoms in total. The summed E-state index contributed by atoms with van der Waals surface area (Å²) in [5, 5.41) is 9.09. The number of amides is 1. The average Bonchev–Trinajstić information content (AvgIpc) is 2.60. The lowest BCUT2D eigenvalue weighted by Gasteiger charge is -2.11. The summed E-state index contributed by atoms with van der Waals surface area (Å²) in [5.74, 6) is 1.14. The molecule has 2 heterocycles. The molecule has 0 aliphatic carbocycles. The van der Waals surface area contributed by atoms with Gasteiger partial charge in [-0.3, -0.25) is 9.78 Å². The minimum Gasteiger partial charge on any atom is -0.357 e. The smallest absolute Gasteiger partial charge is 0.227 e. The Balaban J connectivity index is 0.00000338. The van der Waals surface area contributed by atoms with Crippen molar-refractivity contribution in [1.82, 2.24) is 20.6 Å². The number of carbonyl (C=O) groups excluding carboxylic acids is 1. The molecule has 0 saturated heterocycles. The molecule has 2 aromatic heterocycles. The van der Waals surface area contributed by atoms with Crippen molar-refractivity contribution in [1.29, 1.82) is 0 Å². The Hall–Kier alpha value is -2.23. The van der Waals surface area contributed by atoms with Crippen LogP contribution >= 0.6 is 24.0 Å². The van der Waals surface area contributed by atoms with Crippen molar-refractivity contribution in [3.63, 3.8) is 0 Å². The fraction of sp³-hybridized carbons (Fsp3) is 0.333. The van der Waals surface area contributed by atoms with E-state index >= 15 is 0 Å². The Morgan fingerprint density at radius 3 is 2.69 bits per heavy atom. The molecule has 2 rings (SSSR count). The van der Waals surface area contributed by atoms with E-state index in [-0.39, 0.29) is 29.9 Å². The van der Waals surface area contributed by atoms with Crippen molar-refractivity contribution < 1.29 is 4.79 Å². The number of aromatic nitrogens is 2. The summed E-state index contributed by atoms with van der Waals surface area (Å²) in [6, 6.07) is 11.3. The molecular formula is C18H25IN6O. The SMILES string of the molecule is CCNC(=NCc1ccccn1)NCCC(=O)Nc1cccc(C)n1.I. The number of aryl methyl sites for hydroxylation is 1. The van der Waals surface area contributed by atoms with Gasteiger partial charge in [0.2, 0.25) is 5.91 Å². The van der Waals surface area contributed by atoms with E-state index in [1.807, 2.05) is 44.2 Å². The highest BCUT2D eigenvalue weighted by atomic mass is 127. The van der Waals surface area contributed by atoms with Crippen molar-refractivity contribution in [3.8, 4) is 0 Å². The first-order valence-electron chi connectivity index (χ1n) is 8.33. The number of rotatable bonds is 7. The maximum atomic E-state index is 12.0. The zero-order valence-electron chi connectivity index (χ0n) is 15.0. The normalized spacial score (nSPS) is 10.6. The van der Waals surface area contributed by atoms with Gasteiger partial charge in [-0.2, -0.15) is 0 Å². The van der Waals surface area contributed by atoms with Crippen molar-refractivity contribution >= 4 is 41.7 Å². The van der Waals surface area contributed by atoms with Crippen LogP contribution in [0, 0.1) is 6.92 Å². The van der Waals surface area contributed by atoms with E-state index in [9.17, 15) is 4.79 Å². The Bertz CT molecular complexity index is 708. The van der Waals surface area contributed by atoms with Gasteiger partial charge < -0.3 is 16.0 Å². The second-order valence-electron chi connectivity index (χ2n) is 5.41. The summed E-state index contributed by atoms with van der Waals surface area (Å²) in [5.41, 5.74) is 1.76. The maximum Gasteiger partial charge on any atom is 0.227 e. The number of guanidine groups is 1. The monoisotopic (exact) mass is 468 g/mol. The van der Waals surface area contributed by atoms with Crippen LogP contribution in [0.3, 0.4) is 0 Å². The van der Waals surface area contributed by atoms with Gasteiger partial charge in [-0.25, -0.2) is 9.98 Å². The quantitative estimate of drug-likeness (QED) is 0.330. The molecule has 8 heteroatoms. The fourth-order valence-electron chi connectivity index (χ4n) is 2.11. The topological polar surface area (TPSA) is 91.3 Å². The van der Waals surface area contributed by atoms with Gasteiger partial charge in [0.25, 0.3) is 0 Å². The number of nitrogens with one attached hydrogen (secondary N) is 3. The van der Waals surface area contributed by atoms with E-state index in [0.717, 1.165) is 17.9 Å². The van der Waals surface area contributed by atoms with Gasteiger partial charge in [0, 0.05) is 31.4 Å². The first kappa shape index (κ1) is 21.8. The van der Waals surface area contributed by atoms with E-state index < -0.39 is 0 Å². The highest BCUT2D eigenvalue weighted by Gasteiger charge is 2.04. The number of pyridine rings is 2. The van der Waals surface area contributed by atoms with Crippen LogP contribution in [0.2, 0.25) is 0 Å². The second kappa shape index (κ2) is 12.2. The number of hydrogen-bond donors (Lipinski definition) is 3. The molecule has 0 aliphatic rings. The van der Waals surface area contributed by atoms with Crippen molar-refractivity contribution in [3.05, 3.63) is 54.0 Å². The average molecular weight is 468 g/mol. The van der Waals surface area contributed by atoms with Gasteiger partial charge in [0.05, 0.1) is 12.2 Å². The number of halogens is 1. The Morgan fingerprint density at radius 1 is 1.15 bits per heavy atom. The van der Waals surface area contributed by atoms with Crippen LogP contribution < -0.4 is 16.0 Å². The van der Waals surface area contributed by atoms with Crippen LogP contribution in [0.15, 0.2) is 47.6 Å². The van der Waals surface area contributed by atoms with E-state index in [1.54, 1.807) is 12.3 Å². The number of aliphatic imine (C=N–C) groups is 1. The molecule has 0 spiro atoms. The molecule has 2 aromatic rings. The largest absolute Gasteiger partial charge is 0.357 e. The van der Waals surface area contributed by atoms with Gasteiger partial charge in [-0.05, 0) is 38.1 Å². The minimum atomic E-state index is -0.0915. The molecule has 1 amide bonds. The van der Waals surface area contributed by atoms with Gasteiger partial charge in [0.15, 0.2) is 5.96 Å². The van der Waals surface area contributed by atoms with Gasteiger partial charge in [-0.15, -0.1) is 24.0 Å². The van der Waals surface area contributed by atoms with Crippen LogP contribution in [0.4, 0.5) is 5.82 Å². The van der Waals surface area contributed by atoms with E-state index in [1.165, 1.54) is 0 Å². The third-order valence-corrected chi connectivity index (χ3v) is 3.27. The van der Waals surface area contributed by atoms with Gasteiger partial charge in [0.1, 0.15) is 5.82 Å². The molecule has 26 heavy (non-hydrogen) atoms. The maximum absolute atomic E-state index is 12.0. The molecule has 0 unspecified atom stereocenters. The minimum absolute atomic E-state index is 0. The standard InChI is InChI=1S/C18H24N6O.HI/c1-3-19-18(22-13-15-8-4-5-11-20-15)21-12-10-17(25)24-16-9-6-7-14(2)23-16;/h4-9,11H,3,10,12-13H2,1-2H3,(H2,19,21,22)(H,23,24,25);1H. The first-order valence-corrected chi connectivity index (χ1v) is 8.33. The molecule has 0 aromatic carbocycles. The summed E-state index contributed by atoms with van der Waals surface area (Å²) in [6.07, 6.45) is 2.07.